The molecule has 2 aliphatic heterocycles. The lowest BCUT2D eigenvalue weighted by atomic mass is 10.1. The van der Waals surface area contributed by atoms with Crippen LogP contribution in [0.5, 0.6) is 0 Å². The summed E-state index contributed by atoms with van der Waals surface area (Å²) in [6.07, 6.45) is 1.69. The van der Waals surface area contributed by atoms with Gasteiger partial charge in [-0.2, -0.15) is 0 Å². The molecule has 2 unspecified atom stereocenters. The van der Waals surface area contributed by atoms with Crippen molar-refractivity contribution in [1.29, 1.82) is 0 Å². The average molecular weight is 156 g/mol. The van der Waals surface area contributed by atoms with E-state index in [0.29, 0.717) is 12.1 Å². The predicted molar refractivity (Wildman–Crippen MR) is 43.6 cm³/mol. The molecule has 3 nitrogen and oxygen atoms in total. The van der Waals surface area contributed by atoms with Crippen LogP contribution in [0, 0.1) is 0 Å². The molecule has 2 saturated heterocycles. The second-order valence-corrected chi connectivity index (χ2v) is 3.37. The highest BCUT2D eigenvalue weighted by Crippen LogP contribution is 2.20. The molecule has 2 heterocycles. The Hall–Kier alpha value is -0.120. The largest absolute Gasteiger partial charge is 0.380 e. The maximum absolute atomic E-state index is 5.40. The summed E-state index contributed by atoms with van der Waals surface area (Å²) in [7, 11) is 1.82. The van der Waals surface area contributed by atoms with Crippen LogP contribution >= 0.6 is 0 Å². The number of hydrogen-bond donors (Lipinski definition) is 1. The molecule has 0 aliphatic carbocycles. The van der Waals surface area contributed by atoms with Crippen LogP contribution in [0.25, 0.3) is 0 Å². The van der Waals surface area contributed by atoms with Gasteiger partial charge in [0.1, 0.15) is 0 Å². The van der Waals surface area contributed by atoms with Gasteiger partial charge >= 0.3 is 0 Å². The smallest absolute Gasteiger partial charge is 0.0751 e. The molecular weight excluding hydrogens is 140 g/mol. The van der Waals surface area contributed by atoms with Gasteiger partial charge < -0.3 is 10.1 Å². The van der Waals surface area contributed by atoms with Crippen molar-refractivity contribution in [2.24, 2.45) is 0 Å². The van der Waals surface area contributed by atoms with E-state index in [4.69, 9.17) is 4.74 Å². The van der Waals surface area contributed by atoms with Gasteiger partial charge in [0.2, 0.25) is 0 Å². The molecule has 2 atom stereocenters. The summed E-state index contributed by atoms with van der Waals surface area (Å²) in [6.45, 7) is 4.68. The molecule has 0 saturated carbocycles. The van der Waals surface area contributed by atoms with Gasteiger partial charge in [-0.25, -0.2) is 0 Å². The van der Waals surface area contributed by atoms with Crippen LogP contribution in [0.2, 0.25) is 0 Å². The second-order valence-electron chi connectivity index (χ2n) is 3.37. The van der Waals surface area contributed by atoms with Gasteiger partial charge in [-0.3, -0.25) is 4.90 Å². The summed E-state index contributed by atoms with van der Waals surface area (Å²) in [5, 5.41) is 3.40. The molecule has 2 fully saturated rings. The number of piperazine rings is 1. The molecule has 0 aromatic heterocycles. The Balaban J connectivity index is 1.98. The topological polar surface area (TPSA) is 24.5 Å². The first kappa shape index (κ1) is 7.53. The van der Waals surface area contributed by atoms with Crippen molar-refractivity contribution in [3.63, 3.8) is 0 Å². The van der Waals surface area contributed by atoms with E-state index in [1.54, 1.807) is 0 Å². The Morgan fingerprint density at radius 1 is 1.45 bits per heavy atom. The molecule has 11 heavy (non-hydrogen) atoms. The number of nitrogens with one attached hydrogen (secondary N) is 1. The van der Waals surface area contributed by atoms with Gasteiger partial charge in [0.15, 0.2) is 0 Å². The average Bonchev–Trinajstić information content (AvgIpc) is 2.47. The summed E-state index contributed by atoms with van der Waals surface area (Å²) >= 11 is 0. The molecule has 3 heteroatoms. The highest BCUT2D eigenvalue weighted by atomic mass is 16.5. The second kappa shape index (κ2) is 3.09. The summed E-state index contributed by atoms with van der Waals surface area (Å²) in [5.74, 6) is 0. The zero-order chi connectivity index (χ0) is 7.68. The van der Waals surface area contributed by atoms with Gasteiger partial charge in [0, 0.05) is 39.3 Å². The number of hydrogen-bond acceptors (Lipinski definition) is 3. The number of ether oxygens (including phenoxy) is 1. The molecule has 0 amide bonds. The van der Waals surface area contributed by atoms with Crippen LogP contribution in [0.1, 0.15) is 6.42 Å². The van der Waals surface area contributed by atoms with E-state index in [9.17, 15) is 0 Å². The minimum Gasteiger partial charge on any atom is -0.380 e. The highest BCUT2D eigenvalue weighted by Gasteiger charge is 2.35. The third kappa shape index (κ3) is 1.28. The molecule has 64 valence electrons. The van der Waals surface area contributed by atoms with E-state index in [0.717, 1.165) is 13.1 Å². The van der Waals surface area contributed by atoms with Gasteiger partial charge in [-0.15, -0.1) is 0 Å². The molecule has 0 radical (unpaired) electrons. The van der Waals surface area contributed by atoms with Crippen LogP contribution in [-0.4, -0.2) is 50.3 Å². The monoisotopic (exact) mass is 156 g/mol. The van der Waals surface area contributed by atoms with Crippen molar-refractivity contribution in [2.45, 2.75) is 18.6 Å². The van der Waals surface area contributed by atoms with E-state index in [1.165, 1.54) is 19.5 Å². The minimum absolute atomic E-state index is 0.475. The zero-order valence-electron chi connectivity index (χ0n) is 7.05. The van der Waals surface area contributed by atoms with E-state index in [2.05, 4.69) is 10.2 Å². The Kier molecular flexibility index (Phi) is 2.11. The summed E-state index contributed by atoms with van der Waals surface area (Å²) in [4.78, 5) is 2.53. The highest BCUT2D eigenvalue weighted by molar-refractivity contribution is 4.92. The maximum Gasteiger partial charge on any atom is 0.0751 e. The van der Waals surface area contributed by atoms with Crippen molar-refractivity contribution < 1.29 is 4.74 Å². The fourth-order valence-electron chi connectivity index (χ4n) is 2.17. The van der Waals surface area contributed by atoms with Crippen LogP contribution in [0.4, 0.5) is 0 Å². The van der Waals surface area contributed by atoms with Gasteiger partial charge in [0.25, 0.3) is 0 Å². The van der Waals surface area contributed by atoms with Crippen LogP contribution < -0.4 is 5.32 Å². The Morgan fingerprint density at radius 3 is 3.18 bits per heavy atom. The number of methoxy groups -OCH3 is 1. The van der Waals surface area contributed by atoms with Crippen molar-refractivity contribution >= 4 is 0 Å². The first-order valence-corrected chi connectivity index (χ1v) is 4.39. The molecule has 0 bridgehead atoms. The van der Waals surface area contributed by atoms with Crippen LogP contribution in [0.15, 0.2) is 0 Å². The Labute approximate surface area is 67.7 Å². The van der Waals surface area contributed by atoms with Gasteiger partial charge in [-0.1, -0.05) is 0 Å². The molecule has 2 rings (SSSR count). The number of fused-ring (bicyclic) bond motifs is 1. The lowest BCUT2D eigenvalue weighted by Crippen LogP contribution is -2.51. The van der Waals surface area contributed by atoms with Crippen molar-refractivity contribution in [3.8, 4) is 0 Å². The Bertz CT molecular complexity index is 134. The standard InChI is InChI=1S/C8H16N2O/c1-11-8-2-4-10-5-3-9-6-7(8)10/h7-9H,2-6H2,1H3. The summed E-state index contributed by atoms with van der Waals surface area (Å²) < 4.78 is 5.40. The first-order chi connectivity index (χ1) is 5.42. The molecule has 1 N–H and O–H groups in total. The van der Waals surface area contributed by atoms with E-state index in [-0.39, 0.29) is 0 Å². The lowest BCUT2D eigenvalue weighted by Gasteiger charge is -2.32. The third-order valence-corrected chi connectivity index (χ3v) is 2.83. The van der Waals surface area contributed by atoms with E-state index >= 15 is 0 Å². The fraction of sp³-hybridized carbons (Fsp3) is 1.00. The van der Waals surface area contributed by atoms with Crippen molar-refractivity contribution in [1.82, 2.24) is 10.2 Å². The van der Waals surface area contributed by atoms with E-state index < -0.39 is 0 Å². The molecule has 2 aliphatic rings. The van der Waals surface area contributed by atoms with Gasteiger partial charge in [0.05, 0.1) is 6.10 Å². The van der Waals surface area contributed by atoms with E-state index in [1.807, 2.05) is 7.11 Å². The summed E-state index contributed by atoms with van der Waals surface area (Å²) in [6, 6.07) is 0.647. The van der Waals surface area contributed by atoms with Crippen molar-refractivity contribution in [2.75, 3.05) is 33.3 Å². The third-order valence-electron chi connectivity index (χ3n) is 2.83. The molecule has 0 aromatic carbocycles. The SMILES string of the molecule is COC1CCN2CCNCC12. The summed E-state index contributed by atoms with van der Waals surface area (Å²) in [5.41, 5.74) is 0. The molecule has 0 spiro atoms. The minimum atomic E-state index is 0.475. The quantitative estimate of drug-likeness (QED) is 0.563. The van der Waals surface area contributed by atoms with Crippen LogP contribution in [0.3, 0.4) is 0 Å². The Morgan fingerprint density at radius 2 is 2.36 bits per heavy atom. The number of rotatable bonds is 1. The van der Waals surface area contributed by atoms with Gasteiger partial charge in [-0.05, 0) is 6.42 Å². The fourth-order valence-corrected chi connectivity index (χ4v) is 2.17. The predicted octanol–water partition coefficient (Wildman–Crippen LogP) is -0.321. The first-order valence-electron chi connectivity index (χ1n) is 4.39. The molecule has 0 aromatic rings. The molecular formula is C8H16N2O. The lowest BCUT2D eigenvalue weighted by molar-refractivity contribution is 0.0569. The van der Waals surface area contributed by atoms with Crippen LogP contribution in [-0.2, 0) is 4.74 Å². The normalized spacial score (nSPS) is 39.0. The maximum atomic E-state index is 5.40. The van der Waals surface area contributed by atoms with Crippen molar-refractivity contribution in [3.05, 3.63) is 0 Å². The number of nitrogens with zero attached hydrogens (tertiary/aromatic N) is 1. The zero-order valence-corrected chi connectivity index (χ0v) is 7.05.